The van der Waals surface area contributed by atoms with E-state index in [1.54, 1.807) is 0 Å². The summed E-state index contributed by atoms with van der Waals surface area (Å²) >= 11 is 0. The Morgan fingerprint density at radius 3 is 1.85 bits per heavy atom. The molecule has 11 unspecified atom stereocenters. The Balaban J connectivity index is 1.77. The third-order valence-corrected chi connectivity index (χ3v) is 8.60. The monoisotopic (exact) mass is 744 g/mol. The molecule has 0 aromatic heterocycles. The third kappa shape index (κ3) is 17.4. The molecule has 0 radical (unpaired) electrons. The summed E-state index contributed by atoms with van der Waals surface area (Å²) in [6.45, 7) is 3.17. The normalized spacial score (nSPS) is 30.6. The smallest absolute Gasteiger partial charge is 0.306 e. The maximum Gasteiger partial charge on any atom is 0.306 e. The lowest BCUT2D eigenvalue weighted by atomic mass is 9.98. The van der Waals surface area contributed by atoms with Gasteiger partial charge in [-0.1, -0.05) is 75.3 Å². The van der Waals surface area contributed by atoms with Crippen LogP contribution in [0.25, 0.3) is 0 Å². The average molecular weight is 745 g/mol. The molecule has 2 aliphatic rings. The zero-order valence-electron chi connectivity index (χ0n) is 30.8. The first-order chi connectivity index (χ1) is 25.1. The summed E-state index contributed by atoms with van der Waals surface area (Å²) in [4.78, 5) is 12.4. The molecule has 0 aromatic rings. The van der Waals surface area contributed by atoms with Gasteiger partial charge in [-0.25, -0.2) is 0 Å². The maximum atomic E-state index is 12.4. The standard InChI is InChI=1S/C38H64O14/c1-3-5-7-8-9-10-11-12-13-14-15-16-17-18-19-20-22-47-24-27(50-30(40)21-6-4-2)25-48-37-36(46)34(44)32(42)29(52-37)26-49-38-35(45)33(43)31(41)28(23-39)51-38/h5,7,9-10,12-13,15-16,27-29,31-39,41-46H,3-4,6,8,11,14,17-26H2,1-2H3/b7-5-,10-9-,13-12-,16-15-. The number of carbonyl (C=O) groups is 1. The van der Waals surface area contributed by atoms with Gasteiger partial charge in [0.1, 0.15) is 54.9 Å². The van der Waals surface area contributed by atoms with Gasteiger partial charge in [-0.15, -0.1) is 0 Å². The minimum absolute atomic E-state index is 0.0341. The Morgan fingerprint density at radius 2 is 1.23 bits per heavy atom. The molecule has 0 bridgehead atoms. The van der Waals surface area contributed by atoms with Crippen molar-refractivity contribution in [2.75, 3.05) is 33.0 Å². The minimum atomic E-state index is -1.71. The SMILES string of the molecule is CC/C=C\C/C=C\C/C=C\C/C=C\CCCCCOCC(COC1OC(COC2OC(CO)C(O)C(O)C2O)C(O)C(O)C1O)OC(=O)CCCC. The van der Waals surface area contributed by atoms with E-state index >= 15 is 0 Å². The van der Waals surface area contributed by atoms with Crippen LogP contribution in [0.3, 0.4) is 0 Å². The van der Waals surface area contributed by atoms with E-state index in [1.165, 1.54) is 0 Å². The molecular weight excluding hydrogens is 680 g/mol. The summed E-state index contributed by atoms with van der Waals surface area (Å²) in [6, 6.07) is 0. The van der Waals surface area contributed by atoms with Crippen LogP contribution in [-0.4, -0.2) is 142 Å². The van der Waals surface area contributed by atoms with Crippen molar-refractivity contribution in [1.82, 2.24) is 0 Å². The van der Waals surface area contributed by atoms with Gasteiger partial charge >= 0.3 is 5.97 Å². The van der Waals surface area contributed by atoms with Crippen molar-refractivity contribution in [2.45, 2.75) is 152 Å². The molecule has 0 aliphatic carbocycles. The molecule has 2 fully saturated rings. The van der Waals surface area contributed by atoms with Crippen LogP contribution in [0, 0.1) is 0 Å². The molecule has 2 rings (SSSR count). The summed E-state index contributed by atoms with van der Waals surface area (Å²) in [7, 11) is 0. The van der Waals surface area contributed by atoms with Gasteiger partial charge in [-0.05, 0) is 51.4 Å². The Morgan fingerprint density at radius 1 is 0.654 bits per heavy atom. The Kier molecular flexibility index (Phi) is 24.4. The maximum absolute atomic E-state index is 12.4. The second-order valence-corrected chi connectivity index (χ2v) is 13.0. The number of unbranched alkanes of at least 4 members (excludes halogenated alkanes) is 4. The van der Waals surface area contributed by atoms with Crippen LogP contribution in [0.15, 0.2) is 48.6 Å². The van der Waals surface area contributed by atoms with Gasteiger partial charge in [0, 0.05) is 13.0 Å². The summed E-state index contributed by atoms with van der Waals surface area (Å²) in [6.07, 6.45) is 10.5. The van der Waals surface area contributed by atoms with Gasteiger partial charge in [0.05, 0.1) is 26.4 Å². The first-order valence-electron chi connectivity index (χ1n) is 18.7. The topological polar surface area (TPSA) is 214 Å². The number of esters is 1. The fourth-order valence-electron chi connectivity index (χ4n) is 5.43. The van der Waals surface area contributed by atoms with E-state index in [9.17, 15) is 40.5 Å². The minimum Gasteiger partial charge on any atom is -0.457 e. The number of allylic oxidation sites excluding steroid dienone is 8. The van der Waals surface area contributed by atoms with E-state index in [-0.39, 0.29) is 19.6 Å². The van der Waals surface area contributed by atoms with Crippen LogP contribution in [0.1, 0.15) is 84.5 Å². The van der Waals surface area contributed by atoms with Gasteiger partial charge in [0.25, 0.3) is 0 Å². The van der Waals surface area contributed by atoms with E-state index in [1.807, 2.05) is 6.92 Å². The summed E-state index contributed by atoms with van der Waals surface area (Å²) in [5, 5.41) is 71.2. The van der Waals surface area contributed by atoms with Gasteiger partial charge < -0.3 is 64.2 Å². The first kappa shape index (κ1) is 46.1. The number of aliphatic hydroxyl groups excluding tert-OH is 7. The largest absolute Gasteiger partial charge is 0.457 e. The number of ether oxygens (including phenoxy) is 6. The number of carbonyl (C=O) groups excluding carboxylic acids is 1. The summed E-state index contributed by atoms with van der Waals surface area (Å²) in [5.74, 6) is -0.427. The molecule has 0 spiro atoms. The fourth-order valence-corrected chi connectivity index (χ4v) is 5.43. The Bertz CT molecular complexity index is 1050. The van der Waals surface area contributed by atoms with Gasteiger partial charge in [-0.3, -0.25) is 4.79 Å². The molecule has 14 nitrogen and oxygen atoms in total. The Labute approximate surface area is 308 Å². The summed E-state index contributed by atoms with van der Waals surface area (Å²) < 4.78 is 33.5. The van der Waals surface area contributed by atoms with Crippen molar-refractivity contribution in [2.24, 2.45) is 0 Å². The summed E-state index contributed by atoms with van der Waals surface area (Å²) in [5.41, 5.74) is 0. The van der Waals surface area contributed by atoms with E-state index < -0.39 is 86.7 Å². The number of hydrogen-bond donors (Lipinski definition) is 7. The lowest BCUT2D eigenvalue weighted by Gasteiger charge is -2.42. The van der Waals surface area contributed by atoms with Crippen LogP contribution >= 0.6 is 0 Å². The lowest BCUT2D eigenvalue weighted by molar-refractivity contribution is -0.332. The molecule has 2 heterocycles. The molecule has 300 valence electrons. The first-order valence-corrected chi connectivity index (χ1v) is 18.7. The van der Waals surface area contributed by atoms with Crippen molar-refractivity contribution in [3.05, 3.63) is 48.6 Å². The van der Waals surface area contributed by atoms with Crippen molar-refractivity contribution in [1.29, 1.82) is 0 Å². The van der Waals surface area contributed by atoms with Gasteiger partial charge in [-0.2, -0.15) is 0 Å². The van der Waals surface area contributed by atoms with Crippen LogP contribution < -0.4 is 0 Å². The molecular formula is C38H64O14. The van der Waals surface area contributed by atoms with E-state index in [0.717, 1.165) is 57.8 Å². The average Bonchev–Trinajstić information content (AvgIpc) is 3.14. The predicted octanol–water partition coefficient (Wildman–Crippen LogP) is 2.11. The van der Waals surface area contributed by atoms with E-state index in [4.69, 9.17) is 28.4 Å². The highest BCUT2D eigenvalue weighted by Gasteiger charge is 2.47. The van der Waals surface area contributed by atoms with Crippen LogP contribution in [0.5, 0.6) is 0 Å². The highest BCUT2D eigenvalue weighted by Crippen LogP contribution is 2.26. The van der Waals surface area contributed by atoms with Crippen LogP contribution in [0.2, 0.25) is 0 Å². The molecule has 7 N–H and O–H groups in total. The van der Waals surface area contributed by atoms with Gasteiger partial charge in [0.15, 0.2) is 12.6 Å². The molecule has 52 heavy (non-hydrogen) atoms. The zero-order valence-corrected chi connectivity index (χ0v) is 30.8. The van der Waals surface area contributed by atoms with Crippen LogP contribution in [0.4, 0.5) is 0 Å². The molecule has 0 saturated carbocycles. The predicted molar refractivity (Wildman–Crippen MR) is 192 cm³/mol. The second kappa shape index (κ2) is 27.5. The molecule has 2 saturated heterocycles. The molecule has 0 aromatic carbocycles. The number of aliphatic hydroxyl groups is 7. The van der Waals surface area contributed by atoms with Gasteiger partial charge in [0.2, 0.25) is 0 Å². The number of hydrogen-bond acceptors (Lipinski definition) is 14. The molecule has 14 heteroatoms. The zero-order chi connectivity index (χ0) is 38.1. The van der Waals surface area contributed by atoms with E-state index in [2.05, 4.69) is 55.5 Å². The molecule has 2 aliphatic heterocycles. The van der Waals surface area contributed by atoms with Crippen LogP contribution in [-0.2, 0) is 33.2 Å². The van der Waals surface area contributed by atoms with Crippen molar-refractivity contribution >= 4 is 5.97 Å². The quantitative estimate of drug-likeness (QED) is 0.0384. The highest BCUT2D eigenvalue weighted by molar-refractivity contribution is 5.69. The van der Waals surface area contributed by atoms with Crippen molar-refractivity contribution < 1.29 is 69.0 Å². The third-order valence-electron chi connectivity index (χ3n) is 8.60. The number of rotatable bonds is 26. The van der Waals surface area contributed by atoms with Crippen molar-refractivity contribution in [3.63, 3.8) is 0 Å². The highest BCUT2D eigenvalue weighted by atomic mass is 16.7. The lowest BCUT2D eigenvalue weighted by Crippen LogP contribution is -2.61. The van der Waals surface area contributed by atoms with E-state index in [0.29, 0.717) is 13.0 Å². The molecule has 0 amide bonds. The Hall–Kier alpha value is -2.05. The fraction of sp³-hybridized carbons (Fsp3) is 0.763. The van der Waals surface area contributed by atoms with Crippen molar-refractivity contribution in [3.8, 4) is 0 Å². The molecule has 11 atom stereocenters. The second-order valence-electron chi connectivity index (χ2n) is 13.0.